The first-order valence-corrected chi connectivity index (χ1v) is 7.82. The van der Waals surface area contributed by atoms with Gasteiger partial charge >= 0.3 is 6.09 Å². The lowest BCUT2D eigenvalue weighted by molar-refractivity contribution is 0.0635. The lowest BCUT2D eigenvalue weighted by Crippen LogP contribution is -2.27. The second kappa shape index (κ2) is 7.70. The van der Waals surface area contributed by atoms with Gasteiger partial charge in [0, 0.05) is 16.9 Å². The van der Waals surface area contributed by atoms with Crippen LogP contribution in [0.2, 0.25) is 0 Å². The summed E-state index contributed by atoms with van der Waals surface area (Å²) >= 11 is 0. The molecule has 2 amide bonds. The first-order chi connectivity index (χ1) is 11.8. The molecule has 0 fully saturated rings. The Morgan fingerprint density at radius 3 is 1.84 bits per heavy atom. The number of carbonyl (C=O) groups excluding carboxylic acids is 2. The maximum atomic E-state index is 12.2. The van der Waals surface area contributed by atoms with Crippen molar-refractivity contribution >= 4 is 23.4 Å². The normalized spacial score (nSPS) is 10.7. The van der Waals surface area contributed by atoms with Crippen LogP contribution in [-0.2, 0) is 4.74 Å². The number of rotatable bonds is 4. The average molecular weight is 342 g/mol. The highest BCUT2D eigenvalue weighted by atomic mass is 16.6. The topological polar surface area (TPSA) is 76.7 Å². The third-order valence-electron chi connectivity index (χ3n) is 3.14. The molecular formula is C19H22N2O4. The molecule has 6 nitrogen and oxygen atoms in total. The van der Waals surface area contributed by atoms with E-state index in [1.807, 2.05) is 0 Å². The number of nitrogens with one attached hydrogen (secondary N) is 2. The molecular weight excluding hydrogens is 320 g/mol. The van der Waals surface area contributed by atoms with Crippen LogP contribution in [0.4, 0.5) is 16.2 Å². The fraction of sp³-hybridized carbons (Fsp3) is 0.263. The number of hydrogen-bond acceptors (Lipinski definition) is 4. The minimum atomic E-state index is -0.559. The van der Waals surface area contributed by atoms with Gasteiger partial charge in [-0.15, -0.1) is 0 Å². The van der Waals surface area contributed by atoms with E-state index in [0.29, 0.717) is 22.7 Å². The summed E-state index contributed by atoms with van der Waals surface area (Å²) in [4.78, 5) is 23.9. The zero-order chi connectivity index (χ0) is 18.4. The van der Waals surface area contributed by atoms with E-state index in [4.69, 9.17) is 9.47 Å². The summed E-state index contributed by atoms with van der Waals surface area (Å²) in [5, 5.41) is 5.43. The number of methoxy groups -OCH3 is 1. The van der Waals surface area contributed by atoms with Gasteiger partial charge in [0.2, 0.25) is 0 Å². The minimum Gasteiger partial charge on any atom is -0.497 e. The summed E-state index contributed by atoms with van der Waals surface area (Å²) in [5.74, 6) is 0.463. The number of hydrogen-bond donors (Lipinski definition) is 2. The number of benzene rings is 2. The largest absolute Gasteiger partial charge is 0.497 e. The molecule has 25 heavy (non-hydrogen) atoms. The van der Waals surface area contributed by atoms with E-state index >= 15 is 0 Å². The van der Waals surface area contributed by atoms with Crippen molar-refractivity contribution in [2.75, 3.05) is 17.7 Å². The first-order valence-electron chi connectivity index (χ1n) is 7.82. The van der Waals surface area contributed by atoms with Crippen LogP contribution >= 0.6 is 0 Å². The zero-order valence-electron chi connectivity index (χ0n) is 14.8. The molecule has 2 aromatic carbocycles. The molecule has 0 heterocycles. The van der Waals surface area contributed by atoms with Crippen LogP contribution in [0.15, 0.2) is 48.5 Å². The molecule has 0 atom stereocenters. The second-order valence-electron chi connectivity index (χ2n) is 6.39. The molecule has 0 aliphatic rings. The molecule has 0 aliphatic carbocycles. The van der Waals surface area contributed by atoms with E-state index in [0.717, 1.165) is 0 Å². The van der Waals surface area contributed by atoms with Crippen LogP contribution in [0.25, 0.3) is 0 Å². The minimum absolute atomic E-state index is 0.226. The van der Waals surface area contributed by atoms with Crippen molar-refractivity contribution in [1.29, 1.82) is 0 Å². The third kappa shape index (κ3) is 5.84. The maximum absolute atomic E-state index is 12.2. The van der Waals surface area contributed by atoms with Gasteiger partial charge in [-0.1, -0.05) is 0 Å². The van der Waals surface area contributed by atoms with Gasteiger partial charge in [0.05, 0.1) is 7.11 Å². The average Bonchev–Trinajstić information content (AvgIpc) is 2.55. The van der Waals surface area contributed by atoms with Crippen LogP contribution in [0.3, 0.4) is 0 Å². The summed E-state index contributed by atoms with van der Waals surface area (Å²) < 4.78 is 10.2. The Balaban J connectivity index is 1.95. The molecule has 0 spiro atoms. The summed E-state index contributed by atoms with van der Waals surface area (Å²) in [6.07, 6.45) is -0.525. The first kappa shape index (κ1) is 18.3. The Hall–Kier alpha value is -3.02. The quantitative estimate of drug-likeness (QED) is 0.869. The van der Waals surface area contributed by atoms with Gasteiger partial charge in [0.1, 0.15) is 11.4 Å². The van der Waals surface area contributed by atoms with Gasteiger partial charge in [-0.25, -0.2) is 4.79 Å². The van der Waals surface area contributed by atoms with Crippen LogP contribution in [-0.4, -0.2) is 24.7 Å². The van der Waals surface area contributed by atoms with Crippen molar-refractivity contribution in [1.82, 2.24) is 0 Å². The second-order valence-corrected chi connectivity index (χ2v) is 6.39. The van der Waals surface area contributed by atoms with E-state index in [2.05, 4.69) is 10.6 Å². The molecule has 2 N–H and O–H groups in total. The van der Waals surface area contributed by atoms with Crippen LogP contribution in [0.1, 0.15) is 31.1 Å². The van der Waals surface area contributed by atoms with Crippen molar-refractivity contribution in [3.63, 3.8) is 0 Å². The third-order valence-corrected chi connectivity index (χ3v) is 3.14. The van der Waals surface area contributed by atoms with E-state index in [-0.39, 0.29) is 5.91 Å². The van der Waals surface area contributed by atoms with Gasteiger partial charge in [-0.05, 0) is 69.3 Å². The SMILES string of the molecule is COc1ccc(C(=O)Nc2ccc(NC(=O)OC(C)(C)C)cc2)cc1. The number of amides is 2. The van der Waals surface area contributed by atoms with Gasteiger partial charge < -0.3 is 14.8 Å². The fourth-order valence-corrected chi connectivity index (χ4v) is 2.00. The van der Waals surface area contributed by atoms with E-state index in [1.165, 1.54) is 0 Å². The molecule has 2 aromatic rings. The van der Waals surface area contributed by atoms with Gasteiger partial charge in [0.15, 0.2) is 0 Å². The fourth-order valence-electron chi connectivity index (χ4n) is 2.00. The van der Waals surface area contributed by atoms with Crippen molar-refractivity contribution in [2.24, 2.45) is 0 Å². The van der Waals surface area contributed by atoms with Crippen LogP contribution < -0.4 is 15.4 Å². The summed E-state index contributed by atoms with van der Waals surface area (Å²) in [5.41, 5.74) is 1.17. The standard InChI is InChI=1S/C19H22N2O4/c1-19(2,3)25-18(23)21-15-9-7-14(8-10-15)20-17(22)13-5-11-16(24-4)12-6-13/h5-12H,1-4H3,(H,20,22)(H,21,23). The summed E-state index contributed by atoms with van der Waals surface area (Å²) in [7, 11) is 1.57. The highest BCUT2D eigenvalue weighted by molar-refractivity contribution is 6.04. The number of carbonyl (C=O) groups is 2. The zero-order valence-corrected chi connectivity index (χ0v) is 14.8. The van der Waals surface area contributed by atoms with E-state index in [9.17, 15) is 9.59 Å². The molecule has 0 saturated carbocycles. The molecule has 132 valence electrons. The Kier molecular flexibility index (Phi) is 5.64. The molecule has 6 heteroatoms. The Morgan fingerprint density at radius 1 is 0.840 bits per heavy atom. The highest BCUT2D eigenvalue weighted by Crippen LogP contribution is 2.17. The Labute approximate surface area is 147 Å². The predicted molar refractivity (Wildman–Crippen MR) is 97.2 cm³/mol. The summed E-state index contributed by atoms with van der Waals surface area (Å²) in [6.45, 7) is 5.39. The van der Waals surface area contributed by atoms with Crippen molar-refractivity contribution in [3.8, 4) is 5.75 Å². The smallest absolute Gasteiger partial charge is 0.412 e. The Morgan fingerprint density at radius 2 is 1.36 bits per heavy atom. The van der Waals surface area contributed by atoms with E-state index in [1.54, 1.807) is 76.4 Å². The monoisotopic (exact) mass is 342 g/mol. The van der Waals surface area contributed by atoms with Gasteiger partial charge in [-0.3, -0.25) is 10.1 Å². The summed E-state index contributed by atoms with van der Waals surface area (Å²) in [6, 6.07) is 13.6. The molecule has 0 saturated heterocycles. The lowest BCUT2D eigenvalue weighted by Gasteiger charge is -2.19. The number of ether oxygens (including phenoxy) is 2. The van der Waals surface area contributed by atoms with Gasteiger partial charge in [-0.2, -0.15) is 0 Å². The maximum Gasteiger partial charge on any atom is 0.412 e. The van der Waals surface area contributed by atoms with Crippen molar-refractivity contribution < 1.29 is 19.1 Å². The van der Waals surface area contributed by atoms with Crippen molar-refractivity contribution in [3.05, 3.63) is 54.1 Å². The lowest BCUT2D eigenvalue weighted by atomic mass is 10.2. The molecule has 0 bridgehead atoms. The Bertz CT molecular complexity index is 732. The molecule has 2 rings (SSSR count). The van der Waals surface area contributed by atoms with E-state index < -0.39 is 11.7 Å². The molecule has 0 unspecified atom stereocenters. The predicted octanol–water partition coefficient (Wildman–Crippen LogP) is 4.29. The molecule has 0 aliphatic heterocycles. The molecule has 0 aromatic heterocycles. The van der Waals surface area contributed by atoms with Crippen molar-refractivity contribution in [2.45, 2.75) is 26.4 Å². The van der Waals surface area contributed by atoms with Gasteiger partial charge in [0.25, 0.3) is 5.91 Å². The van der Waals surface area contributed by atoms with Crippen LogP contribution in [0, 0.1) is 0 Å². The number of anilines is 2. The van der Waals surface area contributed by atoms with Crippen LogP contribution in [0.5, 0.6) is 5.75 Å². The molecule has 0 radical (unpaired) electrons. The highest BCUT2D eigenvalue weighted by Gasteiger charge is 2.16.